The van der Waals surface area contributed by atoms with E-state index >= 15 is 0 Å². The Morgan fingerprint density at radius 3 is 2.73 bits per heavy atom. The fourth-order valence-electron chi connectivity index (χ4n) is 2.77. The summed E-state index contributed by atoms with van der Waals surface area (Å²) in [4.78, 5) is 16.1. The van der Waals surface area contributed by atoms with E-state index in [4.69, 9.17) is 28.3 Å². The highest BCUT2D eigenvalue weighted by Crippen LogP contribution is 2.31. The molecule has 2 aromatic carbocycles. The first kappa shape index (κ1) is 22.0. The number of halogens is 2. The number of thiazole rings is 1. The van der Waals surface area contributed by atoms with Gasteiger partial charge in [0.05, 0.1) is 27.9 Å². The SMILES string of the molecule is C=CCN=c1scc(-c2ccc(Cl)cc2Cl)n1N=C(C)c1ccc(C)c([N+](=O)[O-])c1. The standard InChI is InChI=1S/C21H18Cl2N4O2S/c1-4-9-24-21-26(20(12-30-21)17-8-7-16(22)11-18(17)23)25-14(3)15-6-5-13(2)19(10-15)27(28)29/h4-8,10-12H,1,9H2,2-3H3. The van der Waals surface area contributed by atoms with Gasteiger partial charge in [-0.25, -0.2) is 4.68 Å². The van der Waals surface area contributed by atoms with E-state index in [0.717, 1.165) is 11.3 Å². The smallest absolute Gasteiger partial charge is 0.258 e. The van der Waals surface area contributed by atoms with E-state index in [-0.39, 0.29) is 5.69 Å². The van der Waals surface area contributed by atoms with Gasteiger partial charge < -0.3 is 0 Å². The van der Waals surface area contributed by atoms with Crippen molar-refractivity contribution in [3.05, 3.63) is 90.5 Å². The van der Waals surface area contributed by atoms with E-state index in [9.17, 15) is 10.1 Å². The molecule has 0 bridgehead atoms. The predicted molar refractivity (Wildman–Crippen MR) is 124 cm³/mol. The van der Waals surface area contributed by atoms with Gasteiger partial charge in [-0.15, -0.1) is 17.9 Å². The molecule has 154 valence electrons. The summed E-state index contributed by atoms with van der Waals surface area (Å²) in [6, 6.07) is 10.3. The minimum absolute atomic E-state index is 0.0508. The maximum Gasteiger partial charge on any atom is 0.272 e. The van der Waals surface area contributed by atoms with Gasteiger partial charge in [-0.1, -0.05) is 41.4 Å². The Labute approximate surface area is 187 Å². The maximum absolute atomic E-state index is 11.3. The summed E-state index contributed by atoms with van der Waals surface area (Å²) in [5.74, 6) is 0. The van der Waals surface area contributed by atoms with Gasteiger partial charge in [-0.05, 0) is 32.0 Å². The van der Waals surface area contributed by atoms with Crippen molar-refractivity contribution in [1.29, 1.82) is 0 Å². The largest absolute Gasteiger partial charge is 0.272 e. The Morgan fingerprint density at radius 2 is 2.07 bits per heavy atom. The first-order chi connectivity index (χ1) is 14.3. The summed E-state index contributed by atoms with van der Waals surface area (Å²) in [6.07, 6.45) is 1.69. The second-order valence-electron chi connectivity index (χ2n) is 6.41. The Bertz CT molecular complexity index is 1230. The molecule has 0 fully saturated rings. The highest BCUT2D eigenvalue weighted by molar-refractivity contribution is 7.07. The van der Waals surface area contributed by atoms with E-state index in [1.165, 1.54) is 17.4 Å². The summed E-state index contributed by atoms with van der Waals surface area (Å²) < 4.78 is 1.68. The van der Waals surface area contributed by atoms with Gasteiger partial charge in [0.25, 0.3) is 5.69 Å². The van der Waals surface area contributed by atoms with Crippen LogP contribution in [0.4, 0.5) is 5.69 Å². The zero-order valence-corrected chi connectivity index (χ0v) is 18.6. The van der Waals surface area contributed by atoms with Crippen molar-refractivity contribution in [2.45, 2.75) is 13.8 Å². The highest BCUT2D eigenvalue weighted by Gasteiger charge is 2.15. The zero-order valence-electron chi connectivity index (χ0n) is 16.3. The Hall–Kier alpha value is -2.74. The van der Waals surface area contributed by atoms with Crippen LogP contribution in [0.1, 0.15) is 18.1 Å². The van der Waals surface area contributed by atoms with Gasteiger partial charge in [0.1, 0.15) is 0 Å². The molecule has 0 N–H and O–H groups in total. The molecule has 0 aliphatic rings. The Morgan fingerprint density at radius 1 is 1.30 bits per heavy atom. The van der Waals surface area contributed by atoms with Gasteiger partial charge in [-0.3, -0.25) is 15.1 Å². The van der Waals surface area contributed by atoms with Crippen molar-refractivity contribution in [3.63, 3.8) is 0 Å². The quantitative estimate of drug-likeness (QED) is 0.193. The average molecular weight is 461 g/mol. The van der Waals surface area contributed by atoms with Crippen molar-refractivity contribution in [2.75, 3.05) is 6.54 Å². The Balaban J connectivity index is 2.18. The molecule has 30 heavy (non-hydrogen) atoms. The van der Waals surface area contributed by atoms with Gasteiger partial charge in [0, 0.05) is 33.2 Å². The lowest BCUT2D eigenvalue weighted by Gasteiger charge is -2.08. The fraction of sp³-hybridized carbons (Fsp3) is 0.143. The van der Waals surface area contributed by atoms with Crippen molar-refractivity contribution >= 4 is 45.9 Å². The number of aryl methyl sites for hydroxylation is 1. The summed E-state index contributed by atoms with van der Waals surface area (Å²) in [5.41, 5.74) is 3.39. The molecule has 1 aromatic heterocycles. The van der Waals surface area contributed by atoms with Gasteiger partial charge in [0.2, 0.25) is 4.80 Å². The lowest BCUT2D eigenvalue weighted by molar-refractivity contribution is -0.385. The first-order valence-corrected chi connectivity index (χ1v) is 10.5. The van der Waals surface area contributed by atoms with Crippen LogP contribution in [0.25, 0.3) is 11.3 Å². The predicted octanol–water partition coefficient (Wildman–Crippen LogP) is 6.10. The molecule has 0 spiro atoms. The third-order valence-electron chi connectivity index (χ3n) is 4.32. The second kappa shape index (κ2) is 9.38. The minimum atomic E-state index is -0.395. The molecule has 1 heterocycles. The third-order valence-corrected chi connectivity index (χ3v) is 5.72. The normalized spacial score (nSPS) is 12.3. The number of hydrogen-bond donors (Lipinski definition) is 0. The molecule has 0 aliphatic carbocycles. The number of benzene rings is 2. The average Bonchev–Trinajstić information content (AvgIpc) is 3.08. The van der Waals surface area contributed by atoms with E-state index < -0.39 is 4.92 Å². The van der Waals surface area contributed by atoms with E-state index in [0.29, 0.717) is 38.2 Å². The highest BCUT2D eigenvalue weighted by atomic mass is 35.5. The molecule has 6 nitrogen and oxygen atoms in total. The molecule has 0 unspecified atom stereocenters. The van der Waals surface area contributed by atoms with Crippen LogP contribution in [-0.2, 0) is 0 Å². The van der Waals surface area contributed by atoms with E-state index in [1.54, 1.807) is 42.8 Å². The number of nitro groups is 1. The number of rotatable bonds is 6. The molecule has 0 aliphatic heterocycles. The topological polar surface area (TPSA) is 72.8 Å². The first-order valence-electron chi connectivity index (χ1n) is 8.90. The molecule has 0 amide bonds. The Kier molecular flexibility index (Phi) is 6.87. The minimum Gasteiger partial charge on any atom is -0.258 e. The van der Waals surface area contributed by atoms with Crippen LogP contribution in [-0.4, -0.2) is 21.9 Å². The van der Waals surface area contributed by atoms with Crippen molar-refractivity contribution in [1.82, 2.24) is 4.68 Å². The number of hydrogen-bond acceptors (Lipinski definition) is 5. The number of nitrogens with zero attached hydrogens (tertiary/aromatic N) is 4. The zero-order chi connectivity index (χ0) is 21.8. The summed E-state index contributed by atoms with van der Waals surface area (Å²) in [6.45, 7) is 7.63. The summed E-state index contributed by atoms with van der Waals surface area (Å²) in [5, 5.41) is 18.9. The molecular weight excluding hydrogens is 443 g/mol. The molecule has 3 aromatic rings. The molecule has 0 saturated heterocycles. The summed E-state index contributed by atoms with van der Waals surface area (Å²) >= 11 is 13.9. The number of aromatic nitrogens is 1. The van der Waals surface area contributed by atoms with Crippen LogP contribution in [0.2, 0.25) is 10.0 Å². The molecule has 3 rings (SSSR count). The molecule has 0 atom stereocenters. The van der Waals surface area contributed by atoms with Gasteiger partial charge >= 0.3 is 0 Å². The van der Waals surface area contributed by atoms with Crippen LogP contribution < -0.4 is 4.80 Å². The van der Waals surface area contributed by atoms with Gasteiger partial charge in [-0.2, -0.15) is 5.10 Å². The number of nitro benzene ring substituents is 1. The van der Waals surface area contributed by atoms with Crippen LogP contribution in [0, 0.1) is 17.0 Å². The second-order valence-corrected chi connectivity index (χ2v) is 8.09. The lowest BCUT2D eigenvalue weighted by atomic mass is 10.1. The van der Waals surface area contributed by atoms with Crippen LogP contribution in [0.15, 0.2) is 64.5 Å². The summed E-state index contributed by atoms with van der Waals surface area (Å²) in [7, 11) is 0. The molecular formula is C21H18Cl2N4O2S. The fourth-order valence-corrected chi connectivity index (χ4v) is 4.11. The molecule has 0 radical (unpaired) electrons. The molecule has 9 heteroatoms. The van der Waals surface area contributed by atoms with E-state index in [2.05, 4.69) is 11.6 Å². The van der Waals surface area contributed by atoms with E-state index in [1.807, 2.05) is 17.5 Å². The van der Waals surface area contributed by atoms with Crippen LogP contribution in [0.3, 0.4) is 0 Å². The maximum atomic E-state index is 11.3. The van der Waals surface area contributed by atoms with Crippen LogP contribution in [0.5, 0.6) is 0 Å². The van der Waals surface area contributed by atoms with Gasteiger partial charge in [0.15, 0.2) is 0 Å². The third kappa shape index (κ3) is 4.70. The monoisotopic (exact) mass is 460 g/mol. The van der Waals surface area contributed by atoms with Crippen molar-refractivity contribution < 1.29 is 4.92 Å². The lowest BCUT2D eigenvalue weighted by Crippen LogP contribution is -2.14. The van der Waals surface area contributed by atoms with Crippen molar-refractivity contribution in [3.8, 4) is 11.3 Å². The van der Waals surface area contributed by atoms with Crippen LogP contribution >= 0.6 is 34.5 Å². The molecule has 0 saturated carbocycles. The van der Waals surface area contributed by atoms with Crippen molar-refractivity contribution in [2.24, 2.45) is 10.1 Å².